The van der Waals surface area contributed by atoms with Crippen LogP contribution in [0.1, 0.15) is 18.6 Å². The predicted molar refractivity (Wildman–Crippen MR) is 87.2 cm³/mol. The van der Waals surface area contributed by atoms with Crippen LogP contribution in [0.25, 0.3) is 11.4 Å². The zero-order chi connectivity index (χ0) is 16.4. The topological polar surface area (TPSA) is 69.2 Å². The molecule has 0 atom stereocenters. The molecule has 7 nitrogen and oxygen atoms in total. The van der Waals surface area contributed by atoms with Gasteiger partial charge in [-0.2, -0.15) is 4.98 Å². The molecule has 1 aromatic carbocycles. The second-order valence-electron chi connectivity index (χ2n) is 5.72. The van der Waals surface area contributed by atoms with Gasteiger partial charge in [0.1, 0.15) is 11.6 Å². The van der Waals surface area contributed by atoms with Gasteiger partial charge in [0.15, 0.2) is 0 Å². The van der Waals surface area contributed by atoms with Gasteiger partial charge in [-0.15, -0.1) is 0 Å². The lowest BCUT2D eigenvalue weighted by Gasteiger charge is -2.25. The second kappa shape index (κ2) is 6.45. The third kappa shape index (κ3) is 3.03. The molecule has 0 N–H and O–H groups in total. The minimum absolute atomic E-state index is 0.603. The number of hydrogen-bond acceptors (Lipinski definition) is 6. The van der Waals surface area contributed by atoms with Crippen molar-refractivity contribution in [1.29, 1.82) is 0 Å². The smallest absolute Gasteiger partial charge is 0.241 e. The molecule has 0 saturated carbocycles. The van der Waals surface area contributed by atoms with E-state index < -0.39 is 0 Å². The molecule has 2 aromatic heterocycles. The van der Waals surface area contributed by atoms with E-state index in [0.29, 0.717) is 24.9 Å². The Hall–Kier alpha value is -2.67. The fourth-order valence-corrected chi connectivity index (χ4v) is 2.85. The quantitative estimate of drug-likeness (QED) is 0.717. The maximum atomic E-state index is 5.45. The Labute approximate surface area is 139 Å². The van der Waals surface area contributed by atoms with Crippen LogP contribution in [0.4, 0.5) is 0 Å². The van der Waals surface area contributed by atoms with Crippen LogP contribution in [-0.2, 0) is 19.6 Å². The monoisotopic (exact) mass is 325 g/mol. The molecule has 0 fully saturated rings. The van der Waals surface area contributed by atoms with Crippen LogP contribution in [0, 0.1) is 0 Å². The fraction of sp³-hybridized carbons (Fsp3) is 0.353. The summed E-state index contributed by atoms with van der Waals surface area (Å²) in [7, 11) is 0. The standard InChI is InChI=1S/C17H19N5O2/c1-2-23-14-5-3-13(4-6-14)17-19-16(24-20-17)12-21-9-10-22-8-7-18-15(22)11-21/h3-8H,2,9-12H2,1H3. The van der Waals surface area contributed by atoms with Crippen molar-refractivity contribution in [3.63, 3.8) is 0 Å². The van der Waals surface area contributed by atoms with Crippen LogP contribution in [0.3, 0.4) is 0 Å². The highest BCUT2D eigenvalue weighted by Crippen LogP contribution is 2.21. The lowest BCUT2D eigenvalue weighted by Crippen LogP contribution is -2.33. The molecule has 0 radical (unpaired) electrons. The van der Waals surface area contributed by atoms with Crippen molar-refractivity contribution < 1.29 is 9.26 Å². The van der Waals surface area contributed by atoms with Crippen molar-refractivity contribution in [1.82, 2.24) is 24.6 Å². The summed E-state index contributed by atoms with van der Waals surface area (Å²) in [5.41, 5.74) is 0.919. The molecule has 4 rings (SSSR count). The maximum Gasteiger partial charge on any atom is 0.241 e. The van der Waals surface area contributed by atoms with Crippen LogP contribution in [0.2, 0.25) is 0 Å². The first kappa shape index (κ1) is 14.9. The minimum Gasteiger partial charge on any atom is -0.494 e. The van der Waals surface area contributed by atoms with E-state index >= 15 is 0 Å². The SMILES string of the molecule is CCOc1ccc(-c2noc(CN3CCn4ccnc4C3)n2)cc1. The zero-order valence-corrected chi connectivity index (χ0v) is 13.6. The average molecular weight is 325 g/mol. The molecule has 1 aliphatic heterocycles. The first-order valence-corrected chi connectivity index (χ1v) is 8.10. The molecule has 1 aliphatic rings. The van der Waals surface area contributed by atoms with Gasteiger partial charge in [-0.3, -0.25) is 4.90 Å². The lowest BCUT2D eigenvalue weighted by molar-refractivity contribution is 0.183. The first-order chi connectivity index (χ1) is 11.8. The summed E-state index contributed by atoms with van der Waals surface area (Å²) in [6.45, 7) is 5.94. The molecule has 0 saturated heterocycles. The maximum absolute atomic E-state index is 5.45. The summed E-state index contributed by atoms with van der Waals surface area (Å²) in [5, 5.41) is 4.09. The van der Waals surface area contributed by atoms with Gasteiger partial charge in [0.2, 0.25) is 11.7 Å². The molecule has 3 heterocycles. The molecule has 124 valence electrons. The Bertz CT molecular complexity index is 809. The molecule has 0 unspecified atom stereocenters. The van der Waals surface area contributed by atoms with E-state index in [1.54, 1.807) is 0 Å². The van der Waals surface area contributed by atoms with E-state index in [9.17, 15) is 0 Å². The van der Waals surface area contributed by atoms with Crippen molar-refractivity contribution >= 4 is 0 Å². The summed E-state index contributed by atoms with van der Waals surface area (Å²) in [5.74, 6) is 3.15. The van der Waals surface area contributed by atoms with E-state index in [1.165, 1.54) is 0 Å². The number of rotatable bonds is 5. The molecule has 0 bridgehead atoms. The lowest BCUT2D eigenvalue weighted by atomic mass is 10.2. The summed E-state index contributed by atoms with van der Waals surface area (Å²) in [6, 6.07) is 7.72. The van der Waals surface area contributed by atoms with E-state index in [2.05, 4.69) is 24.6 Å². The van der Waals surface area contributed by atoms with Gasteiger partial charge in [0, 0.05) is 31.0 Å². The zero-order valence-electron chi connectivity index (χ0n) is 13.6. The predicted octanol–water partition coefficient (Wildman–Crippen LogP) is 2.35. The van der Waals surface area contributed by atoms with Gasteiger partial charge in [-0.25, -0.2) is 4.98 Å². The van der Waals surface area contributed by atoms with Gasteiger partial charge in [0.05, 0.1) is 19.7 Å². The van der Waals surface area contributed by atoms with Gasteiger partial charge in [-0.1, -0.05) is 5.16 Å². The number of fused-ring (bicyclic) bond motifs is 1. The van der Waals surface area contributed by atoms with E-state index in [4.69, 9.17) is 9.26 Å². The van der Waals surface area contributed by atoms with Crippen LogP contribution >= 0.6 is 0 Å². The molecule has 0 spiro atoms. The van der Waals surface area contributed by atoms with Crippen molar-refractivity contribution in [2.24, 2.45) is 0 Å². The first-order valence-electron chi connectivity index (χ1n) is 8.10. The second-order valence-corrected chi connectivity index (χ2v) is 5.72. The summed E-state index contributed by atoms with van der Waals surface area (Å²) in [4.78, 5) is 11.1. The Morgan fingerprint density at radius 3 is 2.92 bits per heavy atom. The van der Waals surface area contributed by atoms with Crippen molar-refractivity contribution in [3.05, 3.63) is 48.4 Å². The Morgan fingerprint density at radius 1 is 1.21 bits per heavy atom. The molecule has 3 aromatic rings. The van der Waals surface area contributed by atoms with Crippen molar-refractivity contribution in [3.8, 4) is 17.1 Å². The molecule has 0 aliphatic carbocycles. The van der Waals surface area contributed by atoms with Crippen LogP contribution in [0.5, 0.6) is 5.75 Å². The Balaban J connectivity index is 1.43. The van der Waals surface area contributed by atoms with E-state index in [1.807, 2.05) is 43.6 Å². The Kier molecular flexibility index (Phi) is 4.00. The highest BCUT2D eigenvalue weighted by Gasteiger charge is 2.19. The van der Waals surface area contributed by atoms with Crippen molar-refractivity contribution in [2.75, 3.05) is 13.2 Å². The highest BCUT2D eigenvalue weighted by molar-refractivity contribution is 5.55. The van der Waals surface area contributed by atoms with Crippen LogP contribution < -0.4 is 4.74 Å². The number of hydrogen-bond donors (Lipinski definition) is 0. The van der Waals surface area contributed by atoms with Crippen LogP contribution in [0.15, 0.2) is 41.2 Å². The molecular weight excluding hydrogens is 306 g/mol. The normalized spacial score (nSPS) is 14.5. The average Bonchev–Trinajstić information content (AvgIpc) is 3.25. The minimum atomic E-state index is 0.603. The number of aromatic nitrogens is 4. The largest absolute Gasteiger partial charge is 0.494 e. The summed E-state index contributed by atoms with van der Waals surface area (Å²) >= 11 is 0. The Morgan fingerprint density at radius 2 is 2.08 bits per heavy atom. The van der Waals surface area contributed by atoms with Crippen LogP contribution in [-0.4, -0.2) is 37.7 Å². The van der Waals surface area contributed by atoms with Gasteiger partial charge in [-0.05, 0) is 31.2 Å². The summed E-state index contributed by atoms with van der Waals surface area (Å²) < 4.78 is 13.0. The number of ether oxygens (including phenoxy) is 1. The van der Waals surface area contributed by atoms with Gasteiger partial charge in [0.25, 0.3) is 0 Å². The summed E-state index contributed by atoms with van der Waals surface area (Å²) in [6.07, 6.45) is 3.86. The molecule has 7 heteroatoms. The molecule has 0 amide bonds. The third-order valence-electron chi connectivity index (χ3n) is 4.07. The third-order valence-corrected chi connectivity index (χ3v) is 4.07. The van der Waals surface area contributed by atoms with E-state index in [-0.39, 0.29) is 0 Å². The van der Waals surface area contributed by atoms with Gasteiger partial charge < -0.3 is 13.8 Å². The van der Waals surface area contributed by atoms with Gasteiger partial charge >= 0.3 is 0 Å². The van der Waals surface area contributed by atoms with Crippen molar-refractivity contribution in [2.45, 2.75) is 26.6 Å². The fourth-order valence-electron chi connectivity index (χ4n) is 2.85. The van der Waals surface area contributed by atoms with E-state index in [0.717, 1.165) is 36.8 Å². The molecule has 24 heavy (non-hydrogen) atoms. The number of benzene rings is 1. The molecular formula is C17H19N5O2. The highest BCUT2D eigenvalue weighted by atomic mass is 16.5. The number of imidazole rings is 1. The number of nitrogens with zero attached hydrogens (tertiary/aromatic N) is 5.